The first-order chi connectivity index (χ1) is 5.36. The van der Waals surface area contributed by atoms with Gasteiger partial charge in [0.05, 0.1) is 0 Å². The summed E-state index contributed by atoms with van der Waals surface area (Å²) in [5.41, 5.74) is 1.18. The number of rotatable bonds is 3. The van der Waals surface area contributed by atoms with Crippen molar-refractivity contribution in [2.24, 2.45) is 0 Å². The van der Waals surface area contributed by atoms with E-state index in [1.165, 1.54) is 12.0 Å². The molecule has 0 spiro atoms. The molecule has 0 radical (unpaired) electrons. The summed E-state index contributed by atoms with van der Waals surface area (Å²) in [4.78, 5) is 0. The van der Waals surface area contributed by atoms with Crippen molar-refractivity contribution in [2.45, 2.75) is 19.9 Å². The van der Waals surface area contributed by atoms with Crippen LogP contribution in [0.15, 0.2) is 31.1 Å². The molecule has 0 atom stereocenters. The lowest BCUT2D eigenvalue weighted by atomic mass is 10.3. The maximum Gasteiger partial charge on any atom is 0.169 e. The minimum Gasteiger partial charge on any atom is -1.00 e. The minimum atomic E-state index is 0. The Hall–Kier alpha value is -0.630. The average molecular weight is 228 g/mol. The molecular weight excluding hydrogens is 214 g/mol. The molecular formula is C10H14BrN. The van der Waals surface area contributed by atoms with Crippen LogP contribution in [0.5, 0.6) is 0 Å². The van der Waals surface area contributed by atoms with Crippen molar-refractivity contribution in [3.8, 4) is 0 Å². The molecule has 12 heavy (non-hydrogen) atoms. The molecule has 1 nitrogen and oxygen atoms in total. The summed E-state index contributed by atoms with van der Waals surface area (Å²) in [6.45, 7) is 6.97. The van der Waals surface area contributed by atoms with Gasteiger partial charge in [0.15, 0.2) is 12.4 Å². The summed E-state index contributed by atoms with van der Waals surface area (Å²) < 4.78 is 2.17. The number of halogens is 1. The van der Waals surface area contributed by atoms with E-state index in [-0.39, 0.29) is 17.0 Å². The normalized spacial score (nSPS) is 8.75. The van der Waals surface area contributed by atoms with Crippen LogP contribution in [0.25, 0.3) is 6.08 Å². The minimum absolute atomic E-state index is 0. The maximum absolute atomic E-state index is 3.70. The number of aryl methyl sites for hydroxylation is 1. The first-order valence-corrected chi connectivity index (χ1v) is 3.98. The monoisotopic (exact) mass is 227 g/mol. The second-order valence-electron chi connectivity index (χ2n) is 2.57. The second kappa shape index (κ2) is 5.95. The lowest BCUT2D eigenvalue weighted by Gasteiger charge is -1.93. The van der Waals surface area contributed by atoms with Crippen LogP contribution in [0.1, 0.15) is 18.9 Å². The van der Waals surface area contributed by atoms with Gasteiger partial charge in [-0.1, -0.05) is 19.6 Å². The molecule has 0 fully saturated rings. The average Bonchev–Trinajstić information content (AvgIpc) is 2.07. The molecule has 0 N–H and O–H groups in total. The van der Waals surface area contributed by atoms with Crippen molar-refractivity contribution in [3.63, 3.8) is 0 Å². The topological polar surface area (TPSA) is 3.88 Å². The van der Waals surface area contributed by atoms with Crippen LogP contribution in [-0.2, 0) is 6.54 Å². The van der Waals surface area contributed by atoms with E-state index in [4.69, 9.17) is 0 Å². The molecule has 1 aromatic heterocycles. The predicted octanol–water partition coefficient (Wildman–Crippen LogP) is -0.969. The fraction of sp³-hybridized carbons (Fsp3) is 0.300. The van der Waals surface area contributed by atoms with Crippen molar-refractivity contribution >= 4 is 6.08 Å². The van der Waals surface area contributed by atoms with Gasteiger partial charge < -0.3 is 17.0 Å². The Morgan fingerprint density at radius 3 is 2.42 bits per heavy atom. The molecule has 1 heterocycles. The van der Waals surface area contributed by atoms with E-state index in [1.807, 2.05) is 6.08 Å². The third-order valence-corrected chi connectivity index (χ3v) is 1.63. The van der Waals surface area contributed by atoms with E-state index in [9.17, 15) is 0 Å². The van der Waals surface area contributed by atoms with E-state index in [1.54, 1.807) is 0 Å². The Labute approximate surface area is 84.5 Å². The molecule has 0 aliphatic heterocycles. The fourth-order valence-corrected chi connectivity index (χ4v) is 1.01. The van der Waals surface area contributed by atoms with Gasteiger partial charge in [-0.15, -0.1) is 0 Å². The van der Waals surface area contributed by atoms with Gasteiger partial charge in [0.1, 0.15) is 6.54 Å². The van der Waals surface area contributed by atoms with Crippen molar-refractivity contribution < 1.29 is 21.5 Å². The third-order valence-electron chi connectivity index (χ3n) is 1.63. The van der Waals surface area contributed by atoms with Crippen molar-refractivity contribution in [1.29, 1.82) is 0 Å². The van der Waals surface area contributed by atoms with Gasteiger partial charge in [-0.3, -0.25) is 0 Å². The zero-order valence-corrected chi connectivity index (χ0v) is 8.92. The number of pyridine rings is 1. The van der Waals surface area contributed by atoms with Crippen LogP contribution in [0, 0.1) is 0 Å². The standard InChI is InChI=1S/C10H14N.BrH/c1-3-7-11-8-5-10(4-2)6-9-11;/h4-6,8-9H,2-3,7H2,1H3;1H/q+1;/p-1. The summed E-state index contributed by atoms with van der Waals surface area (Å²) in [6, 6.07) is 4.14. The molecule has 0 aromatic carbocycles. The number of hydrogen-bond acceptors (Lipinski definition) is 0. The highest BCUT2D eigenvalue weighted by atomic mass is 79.9. The Morgan fingerprint density at radius 1 is 1.42 bits per heavy atom. The van der Waals surface area contributed by atoms with E-state index in [0.29, 0.717) is 0 Å². The lowest BCUT2D eigenvalue weighted by molar-refractivity contribution is -0.697. The van der Waals surface area contributed by atoms with Crippen LogP contribution in [0.4, 0.5) is 0 Å². The van der Waals surface area contributed by atoms with Gasteiger partial charge in [0.2, 0.25) is 0 Å². The smallest absolute Gasteiger partial charge is 0.169 e. The summed E-state index contributed by atoms with van der Waals surface area (Å²) in [6.07, 6.45) is 7.20. The first kappa shape index (κ1) is 11.4. The van der Waals surface area contributed by atoms with Crippen LogP contribution in [0.3, 0.4) is 0 Å². The highest BCUT2D eigenvalue weighted by molar-refractivity contribution is 5.44. The maximum atomic E-state index is 3.70. The Kier molecular flexibility index (Phi) is 5.64. The van der Waals surface area contributed by atoms with E-state index < -0.39 is 0 Å². The Morgan fingerprint density at radius 2 is 2.00 bits per heavy atom. The number of aromatic nitrogens is 1. The molecule has 1 aromatic rings. The molecule has 0 aliphatic rings. The van der Waals surface area contributed by atoms with Crippen LogP contribution < -0.4 is 21.5 Å². The zero-order chi connectivity index (χ0) is 8.10. The summed E-state index contributed by atoms with van der Waals surface area (Å²) in [5, 5.41) is 0. The highest BCUT2D eigenvalue weighted by Crippen LogP contribution is 1.95. The van der Waals surface area contributed by atoms with E-state index in [2.05, 4.69) is 42.6 Å². The molecule has 0 saturated carbocycles. The van der Waals surface area contributed by atoms with Gasteiger partial charge >= 0.3 is 0 Å². The quantitative estimate of drug-likeness (QED) is 0.586. The third kappa shape index (κ3) is 3.18. The Balaban J connectivity index is 0.00000121. The van der Waals surface area contributed by atoms with Crippen molar-refractivity contribution in [1.82, 2.24) is 0 Å². The van der Waals surface area contributed by atoms with Crippen molar-refractivity contribution in [3.05, 3.63) is 36.7 Å². The predicted molar refractivity (Wildman–Crippen MR) is 47.0 cm³/mol. The van der Waals surface area contributed by atoms with Gasteiger partial charge in [-0.25, -0.2) is 4.57 Å². The molecule has 66 valence electrons. The molecule has 2 heteroatoms. The molecule has 0 unspecified atom stereocenters. The molecule has 0 saturated heterocycles. The largest absolute Gasteiger partial charge is 1.00 e. The summed E-state index contributed by atoms with van der Waals surface area (Å²) in [7, 11) is 0. The summed E-state index contributed by atoms with van der Waals surface area (Å²) >= 11 is 0. The number of nitrogens with zero attached hydrogens (tertiary/aromatic N) is 1. The van der Waals surface area contributed by atoms with E-state index in [0.717, 1.165) is 6.54 Å². The second-order valence-corrected chi connectivity index (χ2v) is 2.57. The van der Waals surface area contributed by atoms with Gasteiger partial charge in [-0.2, -0.15) is 0 Å². The highest BCUT2D eigenvalue weighted by Gasteiger charge is 1.95. The van der Waals surface area contributed by atoms with Crippen molar-refractivity contribution in [2.75, 3.05) is 0 Å². The number of hydrogen-bond donors (Lipinski definition) is 0. The van der Waals surface area contributed by atoms with Crippen LogP contribution in [0.2, 0.25) is 0 Å². The fourth-order valence-electron chi connectivity index (χ4n) is 1.01. The van der Waals surface area contributed by atoms with E-state index >= 15 is 0 Å². The van der Waals surface area contributed by atoms with Gasteiger partial charge in [0, 0.05) is 18.6 Å². The molecule has 0 amide bonds. The SMILES string of the molecule is C=Cc1cc[n+](CCC)cc1.[Br-]. The lowest BCUT2D eigenvalue weighted by Crippen LogP contribution is -3.00. The first-order valence-electron chi connectivity index (χ1n) is 3.98. The summed E-state index contributed by atoms with van der Waals surface area (Å²) in [5.74, 6) is 0. The zero-order valence-electron chi connectivity index (χ0n) is 7.33. The van der Waals surface area contributed by atoms with Gasteiger partial charge in [-0.05, 0) is 5.56 Å². The van der Waals surface area contributed by atoms with Crippen LogP contribution >= 0.6 is 0 Å². The molecule has 0 bridgehead atoms. The van der Waals surface area contributed by atoms with Gasteiger partial charge in [0.25, 0.3) is 0 Å². The Bertz CT molecular complexity index is 228. The molecule has 0 aliphatic carbocycles. The molecule has 1 rings (SSSR count). The van der Waals surface area contributed by atoms with Crippen LogP contribution in [-0.4, -0.2) is 0 Å².